The highest BCUT2D eigenvalue weighted by molar-refractivity contribution is 7.10. The number of hydrogen-bond acceptors (Lipinski definition) is 7. The van der Waals surface area contributed by atoms with Gasteiger partial charge in [0.1, 0.15) is 10.8 Å². The first-order valence-electron chi connectivity index (χ1n) is 10.3. The predicted molar refractivity (Wildman–Crippen MR) is 131 cm³/mol. The van der Waals surface area contributed by atoms with Crippen molar-refractivity contribution in [2.75, 3.05) is 17.2 Å². The Morgan fingerprint density at radius 1 is 1.09 bits per heavy atom. The van der Waals surface area contributed by atoms with E-state index >= 15 is 0 Å². The zero-order valence-electron chi connectivity index (χ0n) is 18.0. The molecule has 0 saturated heterocycles. The van der Waals surface area contributed by atoms with Crippen molar-refractivity contribution < 1.29 is 9.59 Å². The molecule has 0 saturated carbocycles. The molecule has 2 aromatic heterocycles. The molecule has 0 atom stereocenters. The van der Waals surface area contributed by atoms with Crippen molar-refractivity contribution in [1.82, 2.24) is 19.7 Å². The van der Waals surface area contributed by atoms with Gasteiger partial charge in [-0.3, -0.25) is 14.6 Å². The van der Waals surface area contributed by atoms with Crippen LogP contribution < -0.4 is 16.0 Å². The van der Waals surface area contributed by atoms with Crippen molar-refractivity contribution in [3.63, 3.8) is 0 Å². The van der Waals surface area contributed by atoms with Gasteiger partial charge >= 0.3 is 0 Å². The number of benzene rings is 2. The molecule has 2 heterocycles. The third kappa shape index (κ3) is 5.21. The molecule has 0 unspecified atom stereocenters. The molecule has 0 aliphatic heterocycles. The van der Waals surface area contributed by atoms with E-state index in [1.807, 2.05) is 24.3 Å². The Labute approximate surface area is 195 Å². The summed E-state index contributed by atoms with van der Waals surface area (Å²) in [6.45, 7) is 5.91. The molecule has 0 aliphatic rings. The highest BCUT2D eigenvalue weighted by Crippen LogP contribution is 2.28. The lowest BCUT2D eigenvalue weighted by molar-refractivity contribution is 0.0953. The van der Waals surface area contributed by atoms with Crippen LogP contribution in [-0.2, 0) is 0 Å². The van der Waals surface area contributed by atoms with E-state index in [0.717, 1.165) is 11.0 Å². The van der Waals surface area contributed by atoms with Crippen molar-refractivity contribution in [1.29, 1.82) is 0 Å². The number of para-hydroxylation sites is 2. The summed E-state index contributed by atoms with van der Waals surface area (Å²) in [5, 5.41) is 9.39. The lowest BCUT2D eigenvalue weighted by Gasteiger charge is -2.10. The van der Waals surface area contributed by atoms with E-state index in [0.29, 0.717) is 46.3 Å². The average Bonchev–Trinajstić information content (AvgIpc) is 3.19. The van der Waals surface area contributed by atoms with E-state index < -0.39 is 0 Å². The van der Waals surface area contributed by atoms with Crippen LogP contribution in [0.25, 0.3) is 11.0 Å². The Morgan fingerprint density at radius 3 is 2.73 bits per heavy atom. The molecule has 3 N–H and O–H groups in total. The minimum atomic E-state index is -0.332. The second-order valence-electron chi connectivity index (χ2n) is 7.21. The molecule has 4 aromatic rings. The summed E-state index contributed by atoms with van der Waals surface area (Å²) in [5.41, 5.74) is 3.51. The van der Waals surface area contributed by atoms with E-state index in [-0.39, 0.29) is 11.8 Å². The van der Waals surface area contributed by atoms with Crippen molar-refractivity contribution in [3.05, 3.63) is 84.2 Å². The Hall–Kier alpha value is -4.11. The molecule has 8 nitrogen and oxygen atoms in total. The van der Waals surface area contributed by atoms with Gasteiger partial charge in [-0.15, -0.1) is 6.58 Å². The number of nitrogens with zero attached hydrogens (tertiary/aromatic N) is 3. The normalized spacial score (nSPS) is 10.6. The zero-order valence-corrected chi connectivity index (χ0v) is 18.8. The van der Waals surface area contributed by atoms with Crippen LogP contribution in [0, 0.1) is 6.92 Å². The number of hydrogen-bond donors (Lipinski definition) is 3. The number of anilines is 3. The fourth-order valence-corrected chi connectivity index (χ4v) is 3.98. The number of carbonyl (C=O) groups is 2. The Balaban J connectivity index is 1.51. The van der Waals surface area contributed by atoms with Gasteiger partial charge in [-0.25, -0.2) is 4.98 Å². The van der Waals surface area contributed by atoms with Crippen LogP contribution in [0.5, 0.6) is 0 Å². The summed E-state index contributed by atoms with van der Waals surface area (Å²) in [6, 6.07) is 14.3. The van der Waals surface area contributed by atoms with Crippen molar-refractivity contribution in [2.24, 2.45) is 0 Å². The zero-order chi connectivity index (χ0) is 23.2. The number of aromatic nitrogens is 3. The maximum absolute atomic E-state index is 13.1. The second kappa shape index (κ2) is 10.0. The summed E-state index contributed by atoms with van der Waals surface area (Å²) in [6.07, 6.45) is 4.04. The molecule has 2 aromatic carbocycles. The van der Waals surface area contributed by atoms with Gasteiger partial charge in [0.15, 0.2) is 0 Å². The van der Waals surface area contributed by atoms with Crippen LogP contribution >= 0.6 is 11.5 Å². The van der Waals surface area contributed by atoms with Gasteiger partial charge in [-0.05, 0) is 55.2 Å². The summed E-state index contributed by atoms with van der Waals surface area (Å²) in [7, 11) is 0. The van der Waals surface area contributed by atoms with Crippen LogP contribution in [0.2, 0.25) is 0 Å². The molecule has 0 fully saturated rings. The van der Waals surface area contributed by atoms with Crippen molar-refractivity contribution >= 4 is 50.9 Å². The first-order chi connectivity index (χ1) is 16.0. The monoisotopic (exact) mass is 458 g/mol. The van der Waals surface area contributed by atoms with Crippen molar-refractivity contribution in [3.8, 4) is 0 Å². The molecule has 0 aliphatic carbocycles. The number of aryl methyl sites for hydroxylation is 1. The van der Waals surface area contributed by atoms with Gasteiger partial charge < -0.3 is 16.0 Å². The van der Waals surface area contributed by atoms with Gasteiger partial charge in [0.05, 0.1) is 28.5 Å². The first kappa shape index (κ1) is 22.1. The lowest BCUT2D eigenvalue weighted by Crippen LogP contribution is -2.24. The van der Waals surface area contributed by atoms with E-state index in [1.165, 1.54) is 11.5 Å². The first-order valence-corrected chi connectivity index (χ1v) is 11.1. The van der Waals surface area contributed by atoms with E-state index in [4.69, 9.17) is 0 Å². The molecule has 0 spiro atoms. The minimum absolute atomic E-state index is 0.210. The molecule has 0 bridgehead atoms. The SMILES string of the molecule is C=CCCNC(=O)c1cccc(NC(=O)c2c(C)nsc2Nc2cnc3ccccc3n2)c1. The van der Waals surface area contributed by atoms with Gasteiger partial charge in [0.25, 0.3) is 11.8 Å². The molecule has 0 radical (unpaired) electrons. The van der Waals surface area contributed by atoms with Gasteiger partial charge in [0, 0.05) is 17.8 Å². The van der Waals surface area contributed by atoms with Crippen LogP contribution in [0.4, 0.5) is 16.5 Å². The maximum Gasteiger partial charge on any atom is 0.260 e. The number of nitrogens with one attached hydrogen (secondary N) is 3. The molecule has 2 amide bonds. The van der Waals surface area contributed by atoms with E-state index in [2.05, 4.69) is 36.9 Å². The predicted octanol–water partition coefficient (Wildman–Crippen LogP) is 4.70. The Morgan fingerprint density at radius 2 is 1.91 bits per heavy atom. The van der Waals surface area contributed by atoms with E-state index in [9.17, 15) is 9.59 Å². The minimum Gasteiger partial charge on any atom is -0.352 e. The largest absolute Gasteiger partial charge is 0.352 e. The van der Waals surface area contributed by atoms with Crippen LogP contribution in [0.15, 0.2) is 67.4 Å². The average molecular weight is 459 g/mol. The van der Waals surface area contributed by atoms with Gasteiger partial charge in [-0.2, -0.15) is 4.37 Å². The highest BCUT2D eigenvalue weighted by Gasteiger charge is 2.20. The quantitative estimate of drug-likeness (QED) is 0.261. The highest BCUT2D eigenvalue weighted by atomic mass is 32.1. The summed E-state index contributed by atoms with van der Waals surface area (Å²) >= 11 is 1.17. The van der Waals surface area contributed by atoms with Crippen LogP contribution in [0.3, 0.4) is 0 Å². The lowest BCUT2D eigenvalue weighted by atomic mass is 10.1. The number of fused-ring (bicyclic) bond motifs is 1. The third-order valence-corrected chi connectivity index (χ3v) is 5.65. The summed E-state index contributed by atoms with van der Waals surface area (Å²) in [5.74, 6) is -0.0233. The second-order valence-corrected chi connectivity index (χ2v) is 7.98. The van der Waals surface area contributed by atoms with Crippen LogP contribution in [0.1, 0.15) is 32.8 Å². The molecular weight excluding hydrogens is 436 g/mol. The van der Waals surface area contributed by atoms with Gasteiger partial charge in [-0.1, -0.05) is 24.3 Å². The maximum atomic E-state index is 13.1. The van der Waals surface area contributed by atoms with Crippen molar-refractivity contribution in [2.45, 2.75) is 13.3 Å². The Kier molecular flexibility index (Phi) is 6.70. The third-order valence-electron chi connectivity index (χ3n) is 4.80. The fraction of sp³-hybridized carbons (Fsp3) is 0.125. The summed E-state index contributed by atoms with van der Waals surface area (Å²) < 4.78 is 4.32. The fourth-order valence-electron chi connectivity index (χ4n) is 3.18. The molecular formula is C24H22N6O2S. The standard InChI is InChI=1S/C24H22N6O2S/c1-3-4-12-25-22(31)16-8-7-9-17(13-16)27-23(32)21-15(2)30-33-24(21)29-20-14-26-18-10-5-6-11-19(18)28-20/h3,5-11,13-14H,1,4,12H2,2H3,(H,25,31)(H,27,32)(H,28,29). The topological polar surface area (TPSA) is 109 Å². The molecule has 33 heavy (non-hydrogen) atoms. The molecule has 9 heteroatoms. The number of rotatable bonds is 8. The summed E-state index contributed by atoms with van der Waals surface area (Å²) in [4.78, 5) is 34.3. The van der Waals surface area contributed by atoms with Crippen LogP contribution in [-0.4, -0.2) is 32.7 Å². The molecule has 166 valence electrons. The molecule has 4 rings (SSSR count). The van der Waals surface area contributed by atoms with E-state index in [1.54, 1.807) is 43.5 Å². The number of amides is 2. The number of carbonyl (C=O) groups excluding carboxylic acids is 2. The smallest absolute Gasteiger partial charge is 0.260 e. The van der Waals surface area contributed by atoms with Gasteiger partial charge in [0.2, 0.25) is 0 Å². The Bertz CT molecular complexity index is 1330.